The van der Waals surface area contributed by atoms with E-state index in [1.807, 2.05) is 38.1 Å². The number of rotatable bonds is 6. The summed E-state index contributed by atoms with van der Waals surface area (Å²) in [4.78, 5) is 28.9. The molecule has 0 saturated heterocycles. The molecule has 3 rings (SSSR count). The van der Waals surface area contributed by atoms with Crippen LogP contribution in [0.1, 0.15) is 27.3 Å². The van der Waals surface area contributed by atoms with Gasteiger partial charge in [-0.3, -0.25) is 9.59 Å². The molecule has 2 heterocycles. The van der Waals surface area contributed by atoms with E-state index in [2.05, 4.69) is 20.7 Å². The number of hydrogen-bond acceptors (Lipinski definition) is 5. The number of nitrogens with zero attached hydrogens (tertiary/aromatic N) is 4. The fourth-order valence-corrected chi connectivity index (χ4v) is 3.01. The van der Waals surface area contributed by atoms with Gasteiger partial charge in [0.05, 0.1) is 6.54 Å². The predicted molar refractivity (Wildman–Crippen MR) is 112 cm³/mol. The number of aromatic nitrogens is 4. The average molecular weight is 411 g/mol. The zero-order chi connectivity index (χ0) is 21.0. The molecule has 0 aliphatic heterocycles. The van der Waals surface area contributed by atoms with Crippen LogP contribution < -0.4 is 10.6 Å². The molecule has 8 nitrogen and oxygen atoms in total. The van der Waals surface area contributed by atoms with Crippen molar-refractivity contribution in [3.05, 3.63) is 69.9 Å². The van der Waals surface area contributed by atoms with E-state index in [1.165, 1.54) is 4.68 Å². The lowest BCUT2D eigenvalue weighted by molar-refractivity contribution is -0.117. The lowest BCUT2D eigenvalue weighted by atomic mass is 10.1. The first-order valence-electron chi connectivity index (χ1n) is 9.05. The van der Waals surface area contributed by atoms with Gasteiger partial charge in [0.2, 0.25) is 5.91 Å². The number of carbonyl (C=O) groups is 2. The standard InChI is InChI=1S/C20H22N6O2S/c1-13-7-4-5-9-15(13)19(28)22-11-16-24-26(20(29)25(16)3)12-17(27)23-18-14(2)8-6-10-21-18/h4-10H,11-12H2,1-3H3,(H,22,28)(H,21,23,27). The smallest absolute Gasteiger partial charge is 0.251 e. The van der Waals surface area contributed by atoms with Crippen LogP contribution >= 0.6 is 12.2 Å². The second-order valence-electron chi connectivity index (χ2n) is 6.63. The Hall–Kier alpha value is -3.33. The molecule has 0 atom stereocenters. The summed E-state index contributed by atoms with van der Waals surface area (Å²) < 4.78 is 3.49. The van der Waals surface area contributed by atoms with Crippen LogP contribution in [0.15, 0.2) is 42.6 Å². The Labute approximate surface area is 173 Å². The van der Waals surface area contributed by atoms with E-state index in [4.69, 9.17) is 12.2 Å². The molecule has 29 heavy (non-hydrogen) atoms. The Morgan fingerprint density at radius 2 is 1.83 bits per heavy atom. The largest absolute Gasteiger partial charge is 0.345 e. The minimum absolute atomic E-state index is 0.0472. The maximum atomic E-state index is 12.4. The number of amides is 2. The Balaban J connectivity index is 1.67. The second kappa shape index (κ2) is 8.78. The fraction of sp³-hybridized carbons (Fsp3) is 0.250. The van der Waals surface area contributed by atoms with Gasteiger partial charge in [0.15, 0.2) is 10.6 Å². The topological polar surface area (TPSA) is 93.8 Å². The van der Waals surface area contributed by atoms with Gasteiger partial charge in [0, 0.05) is 18.8 Å². The highest BCUT2D eigenvalue weighted by molar-refractivity contribution is 7.71. The fourth-order valence-electron chi connectivity index (χ4n) is 2.80. The first-order valence-corrected chi connectivity index (χ1v) is 9.45. The van der Waals surface area contributed by atoms with E-state index in [0.29, 0.717) is 22.0 Å². The van der Waals surface area contributed by atoms with Crippen LogP contribution in [0, 0.1) is 18.6 Å². The van der Waals surface area contributed by atoms with Gasteiger partial charge in [0.1, 0.15) is 12.4 Å². The normalized spacial score (nSPS) is 10.6. The van der Waals surface area contributed by atoms with Gasteiger partial charge in [-0.15, -0.1) is 0 Å². The van der Waals surface area contributed by atoms with E-state index in [0.717, 1.165) is 11.1 Å². The molecule has 150 valence electrons. The van der Waals surface area contributed by atoms with Gasteiger partial charge in [-0.2, -0.15) is 5.10 Å². The van der Waals surface area contributed by atoms with Crippen LogP contribution in [0.4, 0.5) is 5.82 Å². The summed E-state index contributed by atoms with van der Waals surface area (Å²) in [5, 5.41) is 9.98. The molecule has 2 aromatic heterocycles. The molecular formula is C20H22N6O2S. The highest BCUT2D eigenvalue weighted by Crippen LogP contribution is 2.10. The van der Waals surface area contributed by atoms with Crippen molar-refractivity contribution in [1.82, 2.24) is 24.6 Å². The molecule has 0 unspecified atom stereocenters. The molecule has 1 aromatic carbocycles. The molecule has 9 heteroatoms. The van der Waals surface area contributed by atoms with Crippen LogP contribution in [-0.4, -0.2) is 31.1 Å². The SMILES string of the molecule is Cc1ccccc1C(=O)NCc1nn(CC(=O)Nc2ncccc2C)c(=S)n1C. The molecule has 3 aromatic rings. The first kappa shape index (κ1) is 20.4. The Morgan fingerprint density at radius 1 is 1.10 bits per heavy atom. The van der Waals surface area contributed by atoms with Crippen molar-refractivity contribution < 1.29 is 9.59 Å². The van der Waals surface area contributed by atoms with Gasteiger partial charge in [-0.05, 0) is 49.3 Å². The summed E-state index contributed by atoms with van der Waals surface area (Å²) in [6.07, 6.45) is 1.62. The number of carbonyl (C=O) groups excluding carboxylic acids is 2. The maximum Gasteiger partial charge on any atom is 0.251 e. The zero-order valence-electron chi connectivity index (χ0n) is 16.5. The molecule has 0 radical (unpaired) electrons. The number of aryl methyl sites for hydroxylation is 2. The first-order chi connectivity index (χ1) is 13.9. The van der Waals surface area contributed by atoms with Gasteiger partial charge in [0.25, 0.3) is 5.91 Å². The van der Waals surface area contributed by atoms with Crippen LogP contribution in [0.2, 0.25) is 0 Å². The number of anilines is 1. The van der Waals surface area contributed by atoms with Gasteiger partial charge in [-0.25, -0.2) is 9.67 Å². The highest BCUT2D eigenvalue weighted by atomic mass is 32.1. The van der Waals surface area contributed by atoms with E-state index >= 15 is 0 Å². The van der Waals surface area contributed by atoms with Crippen molar-refractivity contribution in [2.45, 2.75) is 26.9 Å². The van der Waals surface area contributed by atoms with E-state index < -0.39 is 0 Å². The zero-order valence-corrected chi connectivity index (χ0v) is 17.3. The van der Waals surface area contributed by atoms with Crippen molar-refractivity contribution in [1.29, 1.82) is 0 Å². The lowest BCUT2D eigenvalue weighted by Crippen LogP contribution is -2.25. The Kier molecular flexibility index (Phi) is 6.18. The van der Waals surface area contributed by atoms with Gasteiger partial charge in [-0.1, -0.05) is 24.3 Å². The van der Waals surface area contributed by atoms with Crippen molar-refractivity contribution in [3.63, 3.8) is 0 Å². The van der Waals surface area contributed by atoms with E-state index in [-0.39, 0.29) is 24.9 Å². The van der Waals surface area contributed by atoms with Crippen molar-refractivity contribution >= 4 is 29.9 Å². The number of nitrogens with one attached hydrogen (secondary N) is 2. The lowest BCUT2D eigenvalue weighted by Gasteiger charge is -2.07. The predicted octanol–water partition coefficient (Wildman–Crippen LogP) is 2.53. The molecule has 2 N–H and O–H groups in total. The van der Waals surface area contributed by atoms with Crippen LogP contribution in [0.5, 0.6) is 0 Å². The van der Waals surface area contributed by atoms with Crippen LogP contribution in [-0.2, 0) is 24.9 Å². The van der Waals surface area contributed by atoms with Crippen molar-refractivity contribution in [2.75, 3.05) is 5.32 Å². The van der Waals surface area contributed by atoms with Gasteiger partial charge >= 0.3 is 0 Å². The minimum Gasteiger partial charge on any atom is -0.345 e. The molecular weight excluding hydrogens is 388 g/mol. The van der Waals surface area contributed by atoms with Crippen molar-refractivity contribution in [3.8, 4) is 0 Å². The summed E-state index contributed by atoms with van der Waals surface area (Å²) in [5.74, 6) is 0.591. The monoisotopic (exact) mass is 410 g/mol. The van der Waals surface area contributed by atoms with E-state index in [9.17, 15) is 9.59 Å². The Bertz CT molecular complexity index is 1120. The summed E-state index contributed by atoms with van der Waals surface area (Å²) in [5.41, 5.74) is 2.37. The molecule has 0 aliphatic carbocycles. The molecule has 0 bridgehead atoms. The molecule has 0 aliphatic rings. The summed E-state index contributed by atoms with van der Waals surface area (Å²) in [6.45, 7) is 3.90. The Morgan fingerprint density at radius 3 is 2.55 bits per heavy atom. The molecule has 0 saturated carbocycles. The van der Waals surface area contributed by atoms with Crippen LogP contribution in [0.3, 0.4) is 0 Å². The summed E-state index contributed by atoms with van der Waals surface area (Å²) >= 11 is 5.37. The van der Waals surface area contributed by atoms with E-state index in [1.54, 1.807) is 29.9 Å². The molecule has 2 amide bonds. The molecule has 0 fully saturated rings. The highest BCUT2D eigenvalue weighted by Gasteiger charge is 2.14. The average Bonchev–Trinajstić information content (AvgIpc) is 2.96. The summed E-state index contributed by atoms with van der Waals surface area (Å²) in [7, 11) is 1.75. The number of benzene rings is 1. The number of hydrogen-bond donors (Lipinski definition) is 2. The van der Waals surface area contributed by atoms with Crippen molar-refractivity contribution in [2.24, 2.45) is 7.05 Å². The third-order valence-electron chi connectivity index (χ3n) is 4.49. The molecule has 0 spiro atoms. The maximum absolute atomic E-state index is 12.4. The summed E-state index contributed by atoms with van der Waals surface area (Å²) in [6, 6.07) is 11.0. The quantitative estimate of drug-likeness (QED) is 0.609. The number of pyridine rings is 1. The third kappa shape index (κ3) is 4.75. The van der Waals surface area contributed by atoms with Crippen LogP contribution in [0.25, 0.3) is 0 Å². The minimum atomic E-state index is -0.281. The van der Waals surface area contributed by atoms with Gasteiger partial charge < -0.3 is 15.2 Å². The third-order valence-corrected chi connectivity index (χ3v) is 4.97. The second-order valence-corrected chi connectivity index (χ2v) is 7.00.